The predicted octanol–water partition coefficient (Wildman–Crippen LogP) is 5.64. The van der Waals surface area contributed by atoms with E-state index in [1.54, 1.807) is 60.7 Å². The van der Waals surface area contributed by atoms with E-state index in [0.29, 0.717) is 5.56 Å². The second kappa shape index (κ2) is 8.46. The lowest BCUT2D eigenvalue weighted by Crippen LogP contribution is -2.51. The second-order valence-corrected chi connectivity index (χ2v) is 10.7. The molecule has 2 spiro atoms. The van der Waals surface area contributed by atoms with Gasteiger partial charge in [0.15, 0.2) is 11.6 Å². The summed E-state index contributed by atoms with van der Waals surface area (Å²) in [7, 11) is 0. The first kappa shape index (κ1) is 24.9. The minimum Gasteiger partial charge on any atom is -0.348 e. The Hall–Kier alpha value is -5.08. The van der Waals surface area contributed by atoms with E-state index < -0.39 is 51.1 Å². The van der Waals surface area contributed by atoms with Crippen LogP contribution in [0.1, 0.15) is 70.1 Å². The van der Waals surface area contributed by atoms with Gasteiger partial charge in [-0.1, -0.05) is 90.5 Å². The van der Waals surface area contributed by atoms with E-state index in [9.17, 15) is 29.3 Å². The zero-order chi connectivity index (χ0) is 28.7. The van der Waals surface area contributed by atoms with Crippen molar-refractivity contribution in [1.82, 2.24) is 0 Å². The molecule has 1 heterocycles. The molecule has 0 unspecified atom stereocenters. The van der Waals surface area contributed by atoms with Gasteiger partial charge in [0.25, 0.3) is 5.69 Å². The molecule has 4 aromatic rings. The van der Waals surface area contributed by atoms with Crippen LogP contribution in [0.2, 0.25) is 0 Å². The Bertz CT molecular complexity index is 1790. The number of hydrogen-bond acceptors (Lipinski definition) is 7. The lowest BCUT2D eigenvalue weighted by molar-refractivity contribution is -0.384. The molecule has 1 saturated heterocycles. The molecule has 0 amide bonds. The van der Waals surface area contributed by atoms with Crippen molar-refractivity contribution in [2.24, 2.45) is 5.41 Å². The predicted molar refractivity (Wildman–Crippen MR) is 146 cm³/mol. The number of Topliss-reactive ketones (excluding diaryl/α,β-unsaturated/α-hetero) is 4. The topological polar surface area (TPSA) is 121 Å². The van der Waals surface area contributed by atoms with Gasteiger partial charge in [0.2, 0.25) is 17.2 Å². The monoisotopic (exact) mass is 543 g/mol. The van der Waals surface area contributed by atoms with Gasteiger partial charge in [-0.15, -0.1) is 0 Å². The number of carbonyl (C=O) groups is 4. The van der Waals surface area contributed by atoms with Gasteiger partial charge in [0.1, 0.15) is 11.5 Å². The summed E-state index contributed by atoms with van der Waals surface area (Å²) in [6.45, 7) is 1.88. The molecular weight excluding hydrogens is 522 g/mol. The number of fused-ring (bicyclic) bond motifs is 2. The van der Waals surface area contributed by atoms with Crippen LogP contribution >= 0.6 is 0 Å². The van der Waals surface area contributed by atoms with Crippen molar-refractivity contribution < 1.29 is 28.8 Å². The number of benzene rings is 4. The van der Waals surface area contributed by atoms with Crippen LogP contribution in [0.3, 0.4) is 0 Å². The van der Waals surface area contributed by atoms with E-state index in [4.69, 9.17) is 4.74 Å². The van der Waals surface area contributed by atoms with Crippen molar-refractivity contribution in [2.75, 3.05) is 0 Å². The van der Waals surface area contributed by atoms with Gasteiger partial charge in [-0.25, -0.2) is 0 Å². The highest BCUT2D eigenvalue weighted by Gasteiger charge is 2.79. The Morgan fingerprint density at radius 2 is 1.17 bits per heavy atom. The Labute approximate surface area is 233 Å². The van der Waals surface area contributed by atoms with Crippen LogP contribution in [0.15, 0.2) is 97.1 Å². The van der Waals surface area contributed by atoms with Crippen LogP contribution in [0.4, 0.5) is 5.69 Å². The number of non-ortho nitro benzene ring substituents is 1. The number of ether oxygens (including phenoxy) is 1. The third-order valence-electron chi connectivity index (χ3n) is 8.63. The summed E-state index contributed by atoms with van der Waals surface area (Å²) < 4.78 is 6.61. The fourth-order valence-electron chi connectivity index (χ4n) is 6.89. The summed E-state index contributed by atoms with van der Waals surface area (Å²) in [5.74, 6) is -4.02. The van der Waals surface area contributed by atoms with Crippen molar-refractivity contribution in [2.45, 2.75) is 24.5 Å². The third-order valence-corrected chi connectivity index (χ3v) is 8.63. The molecule has 1 aliphatic heterocycles. The van der Waals surface area contributed by atoms with Crippen LogP contribution in [-0.2, 0) is 4.74 Å². The molecule has 8 heteroatoms. The number of aryl methyl sites for hydroxylation is 1. The highest BCUT2D eigenvalue weighted by molar-refractivity contribution is 6.37. The Kier molecular flexibility index (Phi) is 5.14. The number of ketones is 4. The van der Waals surface area contributed by atoms with Gasteiger partial charge in [-0.3, -0.25) is 29.3 Å². The molecule has 7 rings (SSSR count). The van der Waals surface area contributed by atoms with E-state index in [0.717, 1.165) is 5.56 Å². The largest absolute Gasteiger partial charge is 0.348 e. The number of nitro groups is 1. The molecule has 0 saturated carbocycles. The number of nitrogens with zero attached hydrogens (tertiary/aromatic N) is 1. The van der Waals surface area contributed by atoms with Crippen LogP contribution < -0.4 is 0 Å². The van der Waals surface area contributed by atoms with Gasteiger partial charge in [0.05, 0.1) is 10.8 Å². The lowest BCUT2D eigenvalue weighted by atomic mass is 9.60. The fraction of sp³-hybridized carbons (Fsp3) is 0.152. The van der Waals surface area contributed by atoms with Crippen LogP contribution in [0.25, 0.3) is 0 Å². The standard InChI is InChI=1S/C33H21NO7/c1-18-13-15-19(16-14-18)31-32(27(35)22-9-2-3-10-23(22)28(32)36)26(20-7-6-8-21(17-20)34(39)40)33(41-31)29(37)24-11-4-5-12-25(24)30(33)38/h2-17,26,31H,1H3/t26-,31-/m0/s1. The maximum absolute atomic E-state index is 14.7. The Morgan fingerprint density at radius 3 is 1.68 bits per heavy atom. The summed E-state index contributed by atoms with van der Waals surface area (Å²) in [6.07, 6.45) is -1.33. The quantitative estimate of drug-likeness (QED) is 0.186. The van der Waals surface area contributed by atoms with Crippen molar-refractivity contribution in [3.8, 4) is 0 Å². The van der Waals surface area contributed by atoms with E-state index in [1.807, 2.05) is 6.92 Å². The Morgan fingerprint density at radius 1 is 0.659 bits per heavy atom. The summed E-state index contributed by atoms with van der Waals surface area (Å²) >= 11 is 0. The molecule has 41 heavy (non-hydrogen) atoms. The van der Waals surface area contributed by atoms with Crippen LogP contribution in [0, 0.1) is 22.5 Å². The van der Waals surface area contributed by atoms with Crippen LogP contribution in [0.5, 0.6) is 0 Å². The lowest BCUT2D eigenvalue weighted by Gasteiger charge is -2.34. The molecule has 2 aliphatic carbocycles. The maximum Gasteiger partial charge on any atom is 0.269 e. The first-order valence-electron chi connectivity index (χ1n) is 13.1. The third kappa shape index (κ3) is 3.02. The first-order chi connectivity index (χ1) is 19.7. The summed E-state index contributed by atoms with van der Waals surface area (Å²) in [4.78, 5) is 69.3. The van der Waals surface area contributed by atoms with E-state index in [2.05, 4.69) is 0 Å². The zero-order valence-electron chi connectivity index (χ0n) is 21.7. The summed E-state index contributed by atoms with van der Waals surface area (Å²) in [6, 6.07) is 25.1. The number of carbonyl (C=O) groups excluding carboxylic acids is 4. The Balaban J connectivity index is 1.60. The number of rotatable bonds is 3. The van der Waals surface area contributed by atoms with E-state index >= 15 is 0 Å². The second-order valence-electron chi connectivity index (χ2n) is 10.7. The molecule has 0 radical (unpaired) electrons. The molecule has 1 fully saturated rings. The summed E-state index contributed by atoms with van der Waals surface area (Å²) in [5, 5.41) is 11.8. The molecule has 8 nitrogen and oxygen atoms in total. The molecule has 4 aromatic carbocycles. The van der Waals surface area contributed by atoms with Crippen molar-refractivity contribution in [3.63, 3.8) is 0 Å². The molecule has 0 bridgehead atoms. The fourth-order valence-corrected chi connectivity index (χ4v) is 6.89. The minimum atomic E-state index is -2.30. The number of hydrogen-bond donors (Lipinski definition) is 0. The normalized spacial score (nSPS) is 21.5. The van der Waals surface area contributed by atoms with Gasteiger partial charge < -0.3 is 4.74 Å². The molecule has 0 N–H and O–H groups in total. The molecular formula is C33H21NO7. The van der Waals surface area contributed by atoms with E-state index in [-0.39, 0.29) is 33.5 Å². The van der Waals surface area contributed by atoms with Crippen molar-refractivity contribution in [1.29, 1.82) is 0 Å². The van der Waals surface area contributed by atoms with Gasteiger partial charge in [-0.2, -0.15) is 0 Å². The highest BCUT2D eigenvalue weighted by atomic mass is 16.6. The smallest absolute Gasteiger partial charge is 0.269 e. The minimum absolute atomic E-state index is 0.114. The highest BCUT2D eigenvalue weighted by Crippen LogP contribution is 2.68. The van der Waals surface area contributed by atoms with Gasteiger partial charge in [-0.05, 0) is 18.1 Å². The van der Waals surface area contributed by atoms with Gasteiger partial charge >= 0.3 is 0 Å². The zero-order valence-corrected chi connectivity index (χ0v) is 21.7. The molecule has 2 atom stereocenters. The maximum atomic E-state index is 14.7. The van der Waals surface area contributed by atoms with Crippen molar-refractivity contribution in [3.05, 3.63) is 146 Å². The average Bonchev–Trinajstić information content (AvgIpc) is 3.51. The van der Waals surface area contributed by atoms with Gasteiger partial charge in [0, 0.05) is 34.4 Å². The molecule has 3 aliphatic rings. The van der Waals surface area contributed by atoms with Crippen LogP contribution in [-0.4, -0.2) is 33.7 Å². The van der Waals surface area contributed by atoms with Crippen molar-refractivity contribution >= 4 is 28.8 Å². The average molecular weight is 544 g/mol. The molecule has 200 valence electrons. The number of nitro benzene ring substituents is 1. The van der Waals surface area contributed by atoms with E-state index in [1.165, 1.54) is 36.4 Å². The first-order valence-corrected chi connectivity index (χ1v) is 13.1. The SMILES string of the molecule is Cc1ccc([C@@H]2OC3(C(=O)c4ccccc4C3=O)[C@@H](c3cccc([N+](=O)[O-])c3)C23C(=O)c2ccccc2C3=O)cc1. The molecule has 0 aromatic heterocycles. The summed E-state index contributed by atoms with van der Waals surface area (Å²) in [5.41, 5.74) is -2.68.